The molecule has 0 bridgehead atoms. The van der Waals surface area contributed by atoms with E-state index in [1.54, 1.807) is 12.1 Å². The summed E-state index contributed by atoms with van der Waals surface area (Å²) in [7, 11) is -3.98. The molecule has 0 N–H and O–H groups in total. The van der Waals surface area contributed by atoms with E-state index in [0.717, 1.165) is 5.56 Å². The number of benzene rings is 3. The molecule has 34 heavy (non-hydrogen) atoms. The van der Waals surface area contributed by atoms with E-state index >= 15 is 0 Å². The predicted molar refractivity (Wildman–Crippen MR) is 125 cm³/mol. The molecule has 1 aliphatic rings. The number of carbonyl (C=O) groups excluding carboxylic acids is 1. The largest absolute Gasteiger partial charge is 0.513 e. The Labute approximate surface area is 200 Å². The average Bonchev–Trinajstić information content (AvgIpc) is 2.83. The number of ether oxygens (including phenoxy) is 2. The zero-order valence-electron chi connectivity index (χ0n) is 17.7. The van der Waals surface area contributed by atoms with Crippen LogP contribution in [0.2, 0.25) is 5.02 Å². The van der Waals surface area contributed by atoms with E-state index in [4.69, 9.17) is 21.1 Å². The number of hydrogen-bond donors (Lipinski definition) is 0. The lowest BCUT2D eigenvalue weighted by atomic mass is 9.98. The molecule has 1 unspecified atom stereocenters. The van der Waals surface area contributed by atoms with Crippen LogP contribution in [-0.2, 0) is 21.2 Å². The van der Waals surface area contributed by atoms with E-state index in [1.807, 2.05) is 12.1 Å². The normalized spacial score (nSPS) is 15.3. The van der Waals surface area contributed by atoms with Gasteiger partial charge in [-0.15, -0.1) is 0 Å². The molecule has 9 nitrogen and oxygen atoms in total. The molecule has 3 aromatic rings. The molecule has 0 aliphatic carbocycles. The molecular weight excluding hydrogens is 484 g/mol. The second-order valence-electron chi connectivity index (χ2n) is 7.49. The number of nitro groups is 1. The van der Waals surface area contributed by atoms with Crippen molar-refractivity contribution in [2.75, 3.05) is 10.9 Å². The summed E-state index contributed by atoms with van der Waals surface area (Å²) in [5.74, 6) is 0.0650. The minimum absolute atomic E-state index is 0.0621. The molecule has 0 aromatic heterocycles. The van der Waals surface area contributed by atoms with Crippen molar-refractivity contribution in [1.82, 2.24) is 0 Å². The number of nitrogens with zero attached hydrogens (tertiary/aromatic N) is 2. The van der Waals surface area contributed by atoms with E-state index in [2.05, 4.69) is 0 Å². The van der Waals surface area contributed by atoms with Crippen LogP contribution in [0.4, 0.5) is 16.2 Å². The van der Waals surface area contributed by atoms with E-state index in [-0.39, 0.29) is 22.9 Å². The fourth-order valence-electron chi connectivity index (χ4n) is 3.70. The van der Waals surface area contributed by atoms with E-state index in [9.17, 15) is 23.3 Å². The van der Waals surface area contributed by atoms with E-state index in [1.165, 1.54) is 52.8 Å². The van der Waals surface area contributed by atoms with Crippen molar-refractivity contribution in [3.05, 3.63) is 93.5 Å². The lowest BCUT2D eigenvalue weighted by molar-refractivity contribution is -0.384. The van der Waals surface area contributed by atoms with Gasteiger partial charge in [0.15, 0.2) is 0 Å². The Morgan fingerprint density at radius 3 is 2.41 bits per heavy atom. The number of sulfonamides is 1. The van der Waals surface area contributed by atoms with Crippen molar-refractivity contribution in [3.63, 3.8) is 0 Å². The highest BCUT2D eigenvalue weighted by Gasteiger charge is 2.36. The SMILES string of the molecule is O=C(OCC1CCc2ccccc2N1S(=O)(=O)c1ccc(Cl)cc1)Oc1ccc([N+](=O)[O-])cc1. The van der Waals surface area contributed by atoms with Crippen LogP contribution in [0.15, 0.2) is 77.7 Å². The molecule has 11 heteroatoms. The van der Waals surface area contributed by atoms with Gasteiger partial charge in [-0.1, -0.05) is 29.8 Å². The Hall–Kier alpha value is -3.63. The molecule has 0 saturated heterocycles. The molecule has 0 saturated carbocycles. The first-order valence-electron chi connectivity index (χ1n) is 10.2. The van der Waals surface area contributed by atoms with Crippen molar-refractivity contribution in [3.8, 4) is 5.75 Å². The number of para-hydroxylation sites is 1. The summed E-state index contributed by atoms with van der Waals surface area (Å²) in [6.07, 6.45) is -0.0142. The highest BCUT2D eigenvalue weighted by molar-refractivity contribution is 7.92. The van der Waals surface area contributed by atoms with Crippen molar-refractivity contribution < 1.29 is 27.6 Å². The first-order valence-corrected chi connectivity index (χ1v) is 12.0. The summed E-state index contributed by atoms with van der Waals surface area (Å²) in [5.41, 5.74) is 1.23. The van der Waals surface area contributed by atoms with Gasteiger partial charge in [-0.05, 0) is 60.9 Å². The van der Waals surface area contributed by atoms with Crippen LogP contribution in [0, 0.1) is 10.1 Å². The topological polar surface area (TPSA) is 116 Å². The molecule has 0 amide bonds. The number of aryl methyl sites for hydroxylation is 1. The molecule has 1 heterocycles. The lowest BCUT2D eigenvalue weighted by Crippen LogP contribution is -2.46. The number of carbonyl (C=O) groups is 1. The van der Waals surface area contributed by atoms with Gasteiger partial charge in [-0.3, -0.25) is 14.4 Å². The number of anilines is 1. The zero-order valence-corrected chi connectivity index (χ0v) is 19.2. The van der Waals surface area contributed by atoms with Gasteiger partial charge in [0.2, 0.25) is 0 Å². The van der Waals surface area contributed by atoms with Gasteiger partial charge in [0.1, 0.15) is 12.4 Å². The predicted octanol–water partition coefficient (Wildman–Crippen LogP) is 4.97. The zero-order chi connectivity index (χ0) is 24.3. The fraction of sp³-hybridized carbons (Fsp3) is 0.174. The van der Waals surface area contributed by atoms with Crippen LogP contribution in [0.5, 0.6) is 5.75 Å². The molecule has 176 valence electrons. The average molecular weight is 503 g/mol. The summed E-state index contributed by atoms with van der Waals surface area (Å²) >= 11 is 5.92. The molecule has 0 radical (unpaired) electrons. The van der Waals surface area contributed by atoms with Crippen molar-refractivity contribution in [1.29, 1.82) is 0 Å². The minimum Gasteiger partial charge on any atom is -0.432 e. The van der Waals surface area contributed by atoms with Crippen LogP contribution in [-0.4, -0.2) is 32.1 Å². The highest BCUT2D eigenvalue weighted by Crippen LogP contribution is 2.35. The number of non-ortho nitro benzene ring substituents is 1. The van der Waals surface area contributed by atoms with Crippen LogP contribution < -0.4 is 9.04 Å². The van der Waals surface area contributed by atoms with Gasteiger partial charge in [0.25, 0.3) is 15.7 Å². The van der Waals surface area contributed by atoms with Crippen LogP contribution in [0.3, 0.4) is 0 Å². The summed E-state index contributed by atoms with van der Waals surface area (Å²) in [4.78, 5) is 22.5. The molecule has 0 spiro atoms. The van der Waals surface area contributed by atoms with Gasteiger partial charge >= 0.3 is 6.16 Å². The number of fused-ring (bicyclic) bond motifs is 1. The Morgan fingerprint density at radius 1 is 1.06 bits per heavy atom. The summed E-state index contributed by atoms with van der Waals surface area (Å²) in [5, 5.41) is 11.2. The van der Waals surface area contributed by atoms with Crippen molar-refractivity contribution in [2.24, 2.45) is 0 Å². The van der Waals surface area contributed by atoms with E-state index in [0.29, 0.717) is 23.6 Å². The third-order valence-corrected chi connectivity index (χ3v) is 7.45. The quantitative estimate of drug-likeness (QED) is 0.202. The number of rotatable bonds is 6. The first kappa shape index (κ1) is 23.5. The molecular formula is C23H19ClN2O7S. The van der Waals surface area contributed by atoms with Gasteiger partial charge in [0.05, 0.1) is 21.5 Å². The van der Waals surface area contributed by atoms with Crippen LogP contribution in [0.25, 0.3) is 0 Å². The third-order valence-electron chi connectivity index (χ3n) is 5.32. The summed E-state index contributed by atoms with van der Waals surface area (Å²) in [6, 6.07) is 17.3. The number of nitro benzene ring substituents is 1. The van der Waals surface area contributed by atoms with Crippen molar-refractivity contribution in [2.45, 2.75) is 23.8 Å². The maximum absolute atomic E-state index is 13.6. The third kappa shape index (κ3) is 4.97. The highest BCUT2D eigenvalue weighted by atomic mass is 35.5. The van der Waals surface area contributed by atoms with Gasteiger partial charge in [0, 0.05) is 17.2 Å². The Morgan fingerprint density at radius 2 is 1.74 bits per heavy atom. The second-order valence-corrected chi connectivity index (χ2v) is 9.74. The second kappa shape index (κ2) is 9.70. The maximum Gasteiger partial charge on any atom is 0.513 e. The molecule has 1 atom stereocenters. The van der Waals surface area contributed by atoms with Crippen LogP contribution in [0.1, 0.15) is 12.0 Å². The van der Waals surface area contributed by atoms with E-state index < -0.39 is 27.1 Å². The Kier molecular flexibility index (Phi) is 6.71. The number of hydrogen-bond acceptors (Lipinski definition) is 7. The minimum atomic E-state index is -3.98. The molecule has 3 aromatic carbocycles. The van der Waals surface area contributed by atoms with Gasteiger partial charge < -0.3 is 9.47 Å². The Bertz CT molecular complexity index is 1310. The maximum atomic E-state index is 13.6. The standard InChI is InChI=1S/C23H19ClN2O7S/c24-17-6-13-21(14-7-17)34(30,31)25-19(8-5-16-3-1-2-4-22(16)25)15-32-23(27)33-20-11-9-18(10-12-20)26(28)29/h1-4,6-7,9-14,19H,5,8,15H2. The molecule has 0 fully saturated rings. The lowest BCUT2D eigenvalue weighted by Gasteiger charge is -2.37. The first-order chi connectivity index (χ1) is 16.3. The number of halogens is 1. The van der Waals surface area contributed by atoms with Gasteiger partial charge in [-0.2, -0.15) is 0 Å². The monoisotopic (exact) mass is 502 g/mol. The van der Waals surface area contributed by atoms with Crippen molar-refractivity contribution >= 4 is 39.2 Å². The summed E-state index contributed by atoms with van der Waals surface area (Å²) in [6.45, 7) is -0.243. The van der Waals surface area contributed by atoms with Crippen LogP contribution >= 0.6 is 11.6 Å². The van der Waals surface area contributed by atoms with Gasteiger partial charge in [-0.25, -0.2) is 13.2 Å². The molecule has 1 aliphatic heterocycles. The fourth-order valence-corrected chi connectivity index (χ4v) is 5.52. The Balaban J connectivity index is 1.53. The smallest absolute Gasteiger partial charge is 0.432 e. The summed E-state index contributed by atoms with van der Waals surface area (Å²) < 4.78 is 38.7. The molecule has 4 rings (SSSR count).